The summed E-state index contributed by atoms with van der Waals surface area (Å²) < 4.78 is 5.04. The van der Waals surface area contributed by atoms with Gasteiger partial charge in [-0.05, 0) is 39.0 Å². The van der Waals surface area contributed by atoms with Crippen LogP contribution in [-0.2, 0) is 14.3 Å². The van der Waals surface area contributed by atoms with Crippen molar-refractivity contribution in [1.29, 1.82) is 0 Å². The van der Waals surface area contributed by atoms with Gasteiger partial charge in [-0.3, -0.25) is 9.59 Å². The Kier molecular flexibility index (Phi) is 12.6. The highest BCUT2D eigenvalue weighted by Gasteiger charge is 2.47. The predicted molar refractivity (Wildman–Crippen MR) is 119 cm³/mol. The molecular formula is C23H40O5S. The van der Waals surface area contributed by atoms with Crippen molar-refractivity contribution in [1.82, 2.24) is 0 Å². The normalized spacial score (nSPS) is 25.9. The Labute approximate surface area is 180 Å². The predicted octanol–water partition coefficient (Wildman–Crippen LogP) is 5.35. The lowest BCUT2D eigenvalue weighted by molar-refractivity contribution is -0.143. The topological polar surface area (TPSA) is 83.8 Å². The molecule has 0 amide bonds. The van der Waals surface area contributed by atoms with Crippen molar-refractivity contribution in [2.75, 3.05) is 12.4 Å². The van der Waals surface area contributed by atoms with E-state index in [4.69, 9.17) is 4.74 Å². The lowest BCUT2D eigenvalue weighted by Crippen LogP contribution is -2.47. The van der Waals surface area contributed by atoms with E-state index in [2.05, 4.69) is 13.0 Å². The fourth-order valence-corrected chi connectivity index (χ4v) is 5.50. The molecule has 1 rings (SSSR count). The summed E-state index contributed by atoms with van der Waals surface area (Å²) in [6.07, 6.45) is 11.9. The molecule has 1 fully saturated rings. The quantitative estimate of drug-likeness (QED) is 0.220. The molecule has 0 aromatic rings. The average Bonchev–Trinajstić information content (AvgIpc) is 2.68. The summed E-state index contributed by atoms with van der Waals surface area (Å²) in [7, 11) is 0. The number of esters is 1. The minimum Gasteiger partial charge on any atom is -0.481 e. The third kappa shape index (κ3) is 8.71. The second-order valence-corrected chi connectivity index (χ2v) is 9.23. The minimum atomic E-state index is -0.875. The van der Waals surface area contributed by atoms with Gasteiger partial charge in [0.05, 0.1) is 30.1 Å². The number of rotatable bonds is 14. The summed E-state index contributed by atoms with van der Waals surface area (Å²) >= 11 is 1.40. The highest BCUT2D eigenvalue weighted by Crippen LogP contribution is 2.48. The van der Waals surface area contributed by atoms with Gasteiger partial charge in [-0.1, -0.05) is 57.6 Å². The molecular weight excluding hydrogens is 388 g/mol. The number of carbonyl (C=O) groups is 2. The zero-order valence-corrected chi connectivity index (χ0v) is 19.3. The first kappa shape index (κ1) is 26.0. The van der Waals surface area contributed by atoms with Crippen LogP contribution in [-0.4, -0.2) is 45.9 Å². The molecule has 29 heavy (non-hydrogen) atoms. The first-order chi connectivity index (χ1) is 13.9. The van der Waals surface area contributed by atoms with Crippen molar-refractivity contribution >= 4 is 23.7 Å². The lowest BCUT2D eigenvalue weighted by Gasteiger charge is -2.45. The van der Waals surface area contributed by atoms with Gasteiger partial charge in [0.1, 0.15) is 0 Å². The number of ether oxygens (including phenoxy) is 1. The highest BCUT2D eigenvalue weighted by atomic mass is 32.2. The average molecular weight is 429 g/mol. The van der Waals surface area contributed by atoms with Crippen molar-refractivity contribution in [3.63, 3.8) is 0 Å². The standard InChI is InChI=1S/C23H40O5S/c1-4-7-8-9-10-11-12-13-18-14-15-23(5-2,16-19(24)25)22(27)21(18)29-17-20(26)28-6-3/h13,21-22,27H,4-12,14-17H2,1-3H3,(H,24,25)/t21-,22+,23-/m1/s1. The van der Waals surface area contributed by atoms with Gasteiger partial charge in [-0.25, -0.2) is 0 Å². The molecule has 1 aliphatic rings. The van der Waals surface area contributed by atoms with Crippen molar-refractivity contribution in [3.05, 3.63) is 11.6 Å². The van der Waals surface area contributed by atoms with Crippen LogP contribution in [0, 0.1) is 5.41 Å². The van der Waals surface area contributed by atoms with E-state index in [1.807, 2.05) is 6.92 Å². The second kappa shape index (κ2) is 14.1. The molecule has 6 heteroatoms. The molecule has 1 aliphatic carbocycles. The smallest absolute Gasteiger partial charge is 0.315 e. The Morgan fingerprint density at radius 3 is 2.48 bits per heavy atom. The van der Waals surface area contributed by atoms with Crippen LogP contribution in [0.15, 0.2) is 11.6 Å². The van der Waals surface area contributed by atoms with Gasteiger partial charge in [0.2, 0.25) is 0 Å². The number of aliphatic hydroxyl groups excluding tert-OH is 1. The van der Waals surface area contributed by atoms with Crippen LogP contribution in [0.25, 0.3) is 0 Å². The van der Waals surface area contributed by atoms with Gasteiger partial charge < -0.3 is 14.9 Å². The number of hydrogen-bond acceptors (Lipinski definition) is 5. The molecule has 168 valence electrons. The Bertz CT molecular complexity index is 533. The van der Waals surface area contributed by atoms with Crippen molar-refractivity contribution in [2.45, 2.75) is 103 Å². The number of hydrogen-bond donors (Lipinski definition) is 2. The maximum atomic E-state index is 11.9. The van der Waals surface area contributed by atoms with Gasteiger partial charge in [0, 0.05) is 5.41 Å². The highest BCUT2D eigenvalue weighted by molar-refractivity contribution is 8.00. The van der Waals surface area contributed by atoms with E-state index in [-0.39, 0.29) is 23.4 Å². The first-order valence-electron chi connectivity index (χ1n) is 11.3. The molecule has 3 atom stereocenters. The van der Waals surface area contributed by atoms with Gasteiger partial charge in [0.15, 0.2) is 0 Å². The Morgan fingerprint density at radius 2 is 1.86 bits per heavy atom. The van der Waals surface area contributed by atoms with Crippen molar-refractivity contribution < 1.29 is 24.5 Å². The van der Waals surface area contributed by atoms with E-state index in [9.17, 15) is 19.8 Å². The van der Waals surface area contributed by atoms with Crippen molar-refractivity contribution in [2.24, 2.45) is 5.41 Å². The van der Waals surface area contributed by atoms with Gasteiger partial charge >= 0.3 is 11.9 Å². The Morgan fingerprint density at radius 1 is 1.17 bits per heavy atom. The van der Waals surface area contributed by atoms with E-state index >= 15 is 0 Å². The third-order valence-corrected chi connectivity index (χ3v) is 7.37. The van der Waals surface area contributed by atoms with E-state index in [0.717, 1.165) is 24.8 Å². The van der Waals surface area contributed by atoms with Crippen LogP contribution in [0.4, 0.5) is 0 Å². The number of aliphatic hydroxyl groups is 1. The Balaban J connectivity index is 2.80. The molecule has 0 saturated heterocycles. The summed E-state index contributed by atoms with van der Waals surface area (Å²) in [5.41, 5.74) is 0.533. The van der Waals surface area contributed by atoms with Crippen LogP contribution in [0.1, 0.15) is 91.4 Å². The van der Waals surface area contributed by atoms with Gasteiger partial charge in [-0.2, -0.15) is 0 Å². The van der Waals surface area contributed by atoms with E-state index in [1.165, 1.54) is 43.9 Å². The van der Waals surface area contributed by atoms with Crippen molar-refractivity contribution in [3.8, 4) is 0 Å². The maximum absolute atomic E-state index is 11.9. The fourth-order valence-electron chi connectivity index (χ4n) is 4.20. The number of carbonyl (C=O) groups excluding carboxylic acids is 1. The monoisotopic (exact) mass is 428 g/mol. The third-order valence-electron chi connectivity index (χ3n) is 6.05. The summed E-state index contributed by atoms with van der Waals surface area (Å²) in [5, 5.41) is 20.3. The number of allylic oxidation sites excluding steroid dienone is 1. The number of carboxylic acids is 1. The van der Waals surface area contributed by atoms with Crippen LogP contribution in [0.2, 0.25) is 0 Å². The molecule has 0 unspecified atom stereocenters. The lowest BCUT2D eigenvalue weighted by atomic mass is 9.66. The summed E-state index contributed by atoms with van der Waals surface area (Å²) in [6, 6.07) is 0. The van der Waals surface area contributed by atoms with E-state index in [0.29, 0.717) is 19.4 Å². The molecule has 2 N–H and O–H groups in total. The molecule has 0 aromatic heterocycles. The van der Waals surface area contributed by atoms with Crippen LogP contribution in [0.5, 0.6) is 0 Å². The molecule has 1 saturated carbocycles. The first-order valence-corrected chi connectivity index (χ1v) is 12.3. The molecule has 5 nitrogen and oxygen atoms in total. The van der Waals surface area contributed by atoms with Crippen LogP contribution in [0.3, 0.4) is 0 Å². The van der Waals surface area contributed by atoms with E-state index in [1.54, 1.807) is 6.92 Å². The molecule has 0 heterocycles. The second-order valence-electron chi connectivity index (χ2n) is 8.10. The summed E-state index contributed by atoms with van der Waals surface area (Å²) in [4.78, 5) is 23.3. The number of unbranched alkanes of at least 4 members (excludes halogenated alkanes) is 6. The van der Waals surface area contributed by atoms with Crippen LogP contribution < -0.4 is 0 Å². The minimum absolute atomic E-state index is 0.0359. The fraction of sp³-hybridized carbons (Fsp3) is 0.826. The SMILES string of the molecule is CCCCCCCCC=C1CC[C@](CC)(CC(=O)O)[C@@H](O)[C@@H]1SCC(=O)OCC. The molecule has 0 radical (unpaired) electrons. The Hall–Kier alpha value is -1.01. The zero-order valence-electron chi connectivity index (χ0n) is 18.5. The molecule has 0 aliphatic heterocycles. The molecule has 0 bridgehead atoms. The maximum Gasteiger partial charge on any atom is 0.315 e. The summed E-state index contributed by atoms with van der Waals surface area (Å²) in [6.45, 7) is 6.28. The zero-order chi connectivity index (χ0) is 21.7. The largest absolute Gasteiger partial charge is 0.481 e. The summed E-state index contributed by atoms with van der Waals surface area (Å²) in [5.74, 6) is -0.984. The number of thioether (sulfide) groups is 1. The van der Waals surface area contributed by atoms with Gasteiger partial charge in [-0.15, -0.1) is 11.8 Å². The molecule has 0 aromatic carbocycles. The van der Waals surface area contributed by atoms with Gasteiger partial charge in [0.25, 0.3) is 0 Å². The van der Waals surface area contributed by atoms with Crippen LogP contribution >= 0.6 is 11.8 Å². The molecule has 0 spiro atoms. The van der Waals surface area contributed by atoms with E-state index < -0.39 is 17.5 Å². The number of carboxylic acid groups (broad SMARTS) is 1. The number of aliphatic carboxylic acids is 1.